The molecule has 4 rings (SSSR count). The number of esters is 4. The maximum atomic E-state index is 12.4. The largest absolute Gasteiger partial charge is 0.463 e. The molecule has 3 fully saturated rings. The van der Waals surface area contributed by atoms with Crippen molar-refractivity contribution in [2.45, 2.75) is 95.4 Å². The van der Waals surface area contributed by atoms with E-state index in [0.29, 0.717) is 0 Å². The minimum absolute atomic E-state index is 0.0717. The van der Waals surface area contributed by atoms with E-state index in [2.05, 4.69) is 6.58 Å². The molecule has 0 saturated carbocycles. The van der Waals surface area contributed by atoms with Gasteiger partial charge in [-0.15, -0.1) is 6.58 Å². The van der Waals surface area contributed by atoms with Gasteiger partial charge in [0, 0.05) is 40.4 Å². The molecular formula is C31H40O15. The minimum atomic E-state index is -1.50. The molecule has 0 radical (unpaired) electrons. The van der Waals surface area contributed by atoms with E-state index in [1.807, 2.05) is 30.3 Å². The van der Waals surface area contributed by atoms with Crippen molar-refractivity contribution in [1.29, 1.82) is 0 Å². The molecule has 46 heavy (non-hydrogen) atoms. The van der Waals surface area contributed by atoms with Crippen molar-refractivity contribution >= 4 is 23.9 Å². The molecule has 254 valence electrons. The molecule has 3 heterocycles. The number of hydrogen-bond donors (Lipinski definition) is 0. The zero-order valence-corrected chi connectivity index (χ0v) is 26.3. The summed E-state index contributed by atoms with van der Waals surface area (Å²) in [5.41, 5.74) is 0.740. The van der Waals surface area contributed by atoms with Gasteiger partial charge in [0.2, 0.25) is 0 Å². The molecule has 0 aromatic heterocycles. The van der Waals surface area contributed by atoms with Crippen LogP contribution in [-0.4, -0.2) is 112 Å². The number of carbonyl (C=O) groups is 4. The van der Waals surface area contributed by atoms with Crippen LogP contribution in [0.5, 0.6) is 0 Å². The molecular weight excluding hydrogens is 612 g/mol. The van der Waals surface area contributed by atoms with Crippen LogP contribution in [0.4, 0.5) is 0 Å². The SMILES string of the molecule is C=CCOC1C(OC)OC2COC(c3ccccc3)OC2C1OC1OC(COC(C)=O)C(OC(C)=O)C(OC(C)=O)C1OC(C)=O. The summed E-state index contributed by atoms with van der Waals surface area (Å²) in [4.78, 5) is 48.5. The van der Waals surface area contributed by atoms with E-state index in [9.17, 15) is 19.2 Å². The second-order valence-electron chi connectivity index (χ2n) is 10.7. The van der Waals surface area contributed by atoms with Gasteiger partial charge in [-0.05, 0) is 0 Å². The van der Waals surface area contributed by atoms with Gasteiger partial charge in [-0.2, -0.15) is 0 Å². The number of fused-ring (bicyclic) bond motifs is 1. The Bertz CT molecular complexity index is 1210. The number of rotatable bonds is 12. The van der Waals surface area contributed by atoms with Crippen LogP contribution in [0.15, 0.2) is 43.0 Å². The summed E-state index contributed by atoms with van der Waals surface area (Å²) in [7, 11) is 1.43. The molecule has 0 aliphatic carbocycles. The molecule has 15 heteroatoms. The second-order valence-corrected chi connectivity index (χ2v) is 10.7. The third-order valence-corrected chi connectivity index (χ3v) is 7.23. The number of hydrogen-bond acceptors (Lipinski definition) is 15. The van der Waals surface area contributed by atoms with Gasteiger partial charge in [0.25, 0.3) is 0 Å². The summed E-state index contributed by atoms with van der Waals surface area (Å²) in [5.74, 6) is -2.95. The Morgan fingerprint density at radius 2 is 1.46 bits per heavy atom. The summed E-state index contributed by atoms with van der Waals surface area (Å²) < 4.78 is 64.7. The van der Waals surface area contributed by atoms with Crippen LogP contribution in [0.3, 0.4) is 0 Å². The average molecular weight is 653 g/mol. The van der Waals surface area contributed by atoms with E-state index < -0.39 is 98.2 Å². The topological polar surface area (TPSA) is 170 Å². The second kappa shape index (κ2) is 16.4. The van der Waals surface area contributed by atoms with Gasteiger partial charge in [-0.25, -0.2) is 0 Å². The molecule has 1 aromatic carbocycles. The predicted octanol–water partition coefficient (Wildman–Crippen LogP) is 1.51. The molecule has 11 atom stereocenters. The highest BCUT2D eigenvalue weighted by Crippen LogP contribution is 2.39. The lowest BCUT2D eigenvalue weighted by Crippen LogP contribution is -2.67. The van der Waals surface area contributed by atoms with Gasteiger partial charge >= 0.3 is 23.9 Å². The van der Waals surface area contributed by atoms with Crippen molar-refractivity contribution in [2.75, 3.05) is 26.9 Å². The summed E-state index contributed by atoms with van der Waals surface area (Å²) in [6, 6.07) is 9.22. The number of carbonyl (C=O) groups excluding carboxylic acids is 4. The summed E-state index contributed by atoms with van der Waals surface area (Å²) >= 11 is 0. The van der Waals surface area contributed by atoms with Gasteiger partial charge in [0.05, 0.1) is 13.2 Å². The quantitative estimate of drug-likeness (QED) is 0.181. The molecule has 15 nitrogen and oxygen atoms in total. The molecule has 0 N–H and O–H groups in total. The third kappa shape index (κ3) is 8.88. The first kappa shape index (κ1) is 35.4. The third-order valence-electron chi connectivity index (χ3n) is 7.23. The number of methoxy groups -OCH3 is 1. The Kier molecular flexibility index (Phi) is 12.6. The van der Waals surface area contributed by atoms with E-state index in [4.69, 9.17) is 52.1 Å². The maximum Gasteiger partial charge on any atom is 0.303 e. The first-order chi connectivity index (χ1) is 22.0. The normalized spacial score (nSPS) is 34.0. The fourth-order valence-corrected chi connectivity index (χ4v) is 5.48. The first-order valence-corrected chi connectivity index (χ1v) is 14.7. The van der Waals surface area contributed by atoms with Crippen molar-refractivity contribution in [3.8, 4) is 0 Å². The highest BCUT2D eigenvalue weighted by molar-refractivity contribution is 5.68. The van der Waals surface area contributed by atoms with Crippen LogP contribution >= 0.6 is 0 Å². The zero-order valence-electron chi connectivity index (χ0n) is 26.3. The molecule has 0 bridgehead atoms. The van der Waals surface area contributed by atoms with Gasteiger partial charge in [-0.1, -0.05) is 36.4 Å². The fraction of sp³-hybridized carbons (Fsp3) is 0.613. The van der Waals surface area contributed by atoms with Crippen LogP contribution in [0.2, 0.25) is 0 Å². The first-order valence-electron chi connectivity index (χ1n) is 14.7. The van der Waals surface area contributed by atoms with Crippen molar-refractivity contribution in [2.24, 2.45) is 0 Å². The smallest absolute Gasteiger partial charge is 0.303 e. The van der Waals surface area contributed by atoms with Crippen LogP contribution in [0.25, 0.3) is 0 Å². The van der Waals surface area contributed by atoms with Crippen molar-refractivity contribution in [1.82, 2.24) is 0 Å². The summed E-state index contributed by atoms with van der Waals surface area (Å²) in [5, 5.41) is 0. The Balaban J connectivity index is 1.75. The van der Waals surface area contributed by atoms with Crippen LogP contribution in [0.1, 0.15) is 39.5 Å². The number of ether oxygens (including phenoxy) is 11. The lowest BCUT2D eigenvalue weighted by Gasteiger charge is -2.51. The predicted molar refractivity (Wildman–Crippen MR) is 152 cm³/mol. The Morgan fingerprint density at radius 1 is 0.804 bits per heavy atom. The Labute approximate surface area is 266 Å². The maximum absolute atomic E-state index is 12.4. The highest BCUT2D eigenvalue weighted by atomic mass is 16.8. The fourth-order valence-electron chi connectivity index (χ4n) is 5.48. The monoisotopic (exact) mass is 652 g/mol. The molecule has 3 aliphatic rings. The number of benzene rings is 1. The van der Waals surface area contributed by atoms with Gasteiger partial charge < -0.3 is 52.1 Å². The average Bonchev–Trinajstić information content (AvgIpc) is 3.01. The van der Waals surface area contributed by atoms with Gasteiger partial charge in [0.15, 0.2) is 37.2 Å². The van der Waals surface area contributed by atoms with E-state index in [1.165, 1.54) is 20.1 Å². The van der Waals surface area contributed by atoms with Crippen molar-refractivity contribution in [3.05, 3.63) is 48.6 Å². The molecule has 0 spiro atoms. The van der Waals surface area contributed by atoms with E-state index >= 15 is 0 Å². The van der Waals surface area contributed by atoms with Gasteiger partial charge in [-0.3, -0.25) is 19.2 Å². The Hall–Kier alpha value is -3.44. The van der Waals surface area contributed by atoms with Crippen LogP contribution in [-0.2, 0) is 71.3 Å². The van der Waals surface area contributed by atoms with E-state index in [0.717, 1.165) is 26.3 Å². The molecule has 11 unspecified atom stereocenters. The van der Waals surface area contributed by atoms with Crippen molar-refractivity contribution < 1.29 is 71.3 Å². The summed E-state index contributed by atoms with van der Waals surface area (Å²) in [6.45, 7) is 8.05. The van der Waals surface area contributed by atoms with Crippen LogP contribution < -0.4 is 0 Å². The Morgan fingerprint density at radius 3 is 2.07 bits per heavy atom. The highest BCUT2D eigenvalue weighted by Gasteiger charge is 2.57. The standard InChI is InChI=1S/C31H40O15/c1-7-13-37-27-25(24-22(43-30(27)36-6)15-39-29(45-24)20-11-9-8-10-12-20)46-31-28(42-19(5)35)26(41-18(4)34)23(40-17(3)33)21(44-31)14-38-16(2)32/h7-12,21-31H,1,13-15H2,2-6H3. The molecule has 0 amide bonds. The lowest BCUT2D eigenvalue weighted by atomic mass is 9.95. The molecule has 3 aliphatic heterocycles. The van der Waals surface area contributed by atoms with Crippen molar-refractivity contribution in [3.63, 3.8) is 0 Å². The minimum Gasteiger partial charge on any atom is -0.463 e. The van der Waals surface area contributed by atoms with E-state index in [-0.39, 0.29) is 13.2 Å². The zero-order chi connectivity index (χ0) is 33.4. The van der Waals surface area contributed by atoms with Crippen LogP contribution in [0, 0.1) is 0 Å². The molecule has 3 saturated heterocycles. The van der Waals surface area contributed by atoms with Gasteiger partial charge in [0.1, 0.15) is 37.1 Å². The van der Waals surface area contributed by atoms with E-state index in [1.54, 1.807) is 0 Å². The summed E-state index contributed by atoms with van der Waals surface area (Å²) in [6.07, 6.45) is -10.8. The lowest BCUT2D eigenvalue weighted by molar-refractivity contribution is -0.393. The molecule has 1 aromatic rings.